The van der Waals surface area contributed by atoms with Gasteiger partial charge in [0.1, 0.15) is 0 Å². The first-order valence-corrected chi connectivity index (χ1v) is 3.98. The second-order valence-corrected chi connectivity index (χ2v) is 2.89. The quantitative estimate of drug-likeness (QED) is 0.635. The molecule has 10 heavy (non-hydrogen) atoms. The Bertz CT molecular complexity index is 196. The molecule has 0 bridgehead atoms. The largest absolute Gasteiger partial charge is 0.365 e. The van der Waals surface area contributed by atoms with E-state index in [1.807, 2.05) is 6.20 Å². The van der Waals surface area contributed by atoms with Crippen molar-refractivity contribution < 1.29 is 0 Å². The highest BCUT2D eigenvalue weighted by Gasteiger charge is 2.01. The van der Waals surface area contributed by atoms with Crippen LogP contribution in [0.25, 0.3) is 0 Å². The van der Waals surface area contributed by atoms with Crippen LogP contribution < -0.4 is 0 Å². The van der Waals surface area contributed by atoms with Crippen LogP contribution in [0.4, 0.5) is 0 Å². The first-order chi connectivity index (χ1) is 4.75. The third kappa shape index (κ3) is 1.35. The van der Waals surface area contributed by atoms with Gasteiger partial charge in [-0.2, -0.15) is 0 Å². The number of hydrogen-bond donors (Lipinski definition) is 1. The molecule has 1 nitrogen and oxygen atoms in total. The van der Waals surface area contributed by atoms with Crippen LogP contribution in [0.5, 0.6) is 0 Å². The Balaban J connectivity index is 2.87. The number of aromatic nitrogens is 1. The van der Waals surface area contributed by atoms with Crippen LogP contribution in [0.3, 0.4) is 0 Å². The minimum atomic E-state index is 0.708. The molecule has 0 atom stereocenters. The highest BCUT2D eigenvalue weighted by molar-refractivity contribution is 6.18. The van der Waals surface area contributed by atoms with Crippen LogP contribution in [0.1, 0.15) is 16.8 Å². The zero-order valence-corrected chi connectivity index (χ0v) is 7.13. The molecule has 1 aromatic rings. The molecule has 0 aliphatic heterocycles. The number of aryl methyl sites for hydroxylation is 2. The van der Waals surface area contributed by atoms with Crippen molar-refractivity contribution >= 4 is 11.6 Å². The molecule has 1 heterocycles. The third-order valence-electron chi connectivity index (χ3n) is 1.78. The summed E-state index contributed by atoms with van der Waals surface area (Å²) in [5.74, 6) is 0.708. The lowest BCUT2D eigenvalue weighted by Gasteiger charge is -1.96. The van der Waals surface area contributed by atoms with E-state index in [2.05, 4.69) is 18.8 Å². The van der Waals surface area contributed by atoms with Gasteiger partial charge in [0.25, 0.3) is 0 Å². The van der Waals surface area contributed by atoms with Gasteiger partial charge in [-0.3, -0.25) is 0 Å². The van der Waals surface area contributed by atoms with Gasteiger partial charge in [0.05, 0.1) is 0 Å². The average molecular weight is 158 g/mol. The molecule has 0 aliphatic rings. The fourth-order valence-corrected chi connectivity index (χ4v) is 1.35. The van der Waals surface area contributed by atoms with Crippen LogP contribution in [0.15, 0.2) is 6.20 Å². The van der Waals surface area contributed by atoms with E-state index in [4.69, 9.17) is 11.6 Å². The first kappa shape index (κ1) is 7.67. The predicted octanol–water partition coefficient (Wildman–Crippen LogP) is 2.41. The number of alkyl halides is 1. The van der Waals surface area contributed by atoms with Gasteiger partial charge in [-0.25, -0.2) is 0 Å². The molecule has 0 fully saturated rings. The van der Waals surface area contributed by atoms with Crippen molar-refractivity contribution in [2.45, 2.75) is 20.3 Å². The summed E-state index contributed by atoms with van der Waals surface area (Å²) in [5.41, 5.74) is 3.94. The monoisotopic (exact) mass is 157 g/mol. The maximum atomic E-state index is 5.62. The molecule has 1 aromatic heterocycles. The van der Waals surface area contributed by atoms with E-state index in [1.165, 1.54) is 16.8 Å². The first-order valence-electron chi connectivity index (χ1n) is 3.45. The summed E-state index contributed by atoms with van der Waals surface area (Å²) in [5, 5.41) is 0. The van der Waals surface area contributed by atoms with Crippen LogP contribution in [0, 0.1) is 13.8 Å². The molecule has 1 rings (SSSR count). The second kappa shape index (κ2) is 3.11. The van der Waals surface area contributed by atoms with Crippen LogP contribution in [0.2, 0.25) is 0 Å². The molecule has 0 saturated carbocycles. The summed E-state index contributed by atoms with van der Waals surface area (Å²) in [6, 6.07) is 0. The number of hydrogen-bond acceptors (Lipinski definition) is 0. The van der Waals surface area contributed by atoms with Crippen LogP contribution in [-0.4, -0.2) is 10.9 Å². The van der Waals surface area contributed by atoms with Crippen molar-refractivity contribution in [3.63, 3.8) is 0 Å². The van der Waals surface area contributed by atoms with Crippen LogP contribution in [-0.2, 0) is 6.42 Å². The number of aromatic amines is 1. The lowest BCUT2D eigenvalue weighted by molar-refractivity contribution is 1.09. The lowest BCUT2D eigenvalue weighted by atomic mass is 10.1. The maximum absolute atomic E-state index is 5.62. The average Bonchev–Trinajstić information content (AvgIpc) is 2.20. The summed E-state index contributed by atoms with van der Waals surface area (Å²) in [4.78, 5) is 3.16. The van der Waals surface area contributed by atoms with E-state index in [1.54, 1.807) is 0 Å². The fraction of sp³-hybridized carbons (Fsp3) is 0.500. The van der Waals surface area contributed by atoms with E-state index in [0.29, 0.717) is 5.88 Å². The topological polar surface area (TPSA) is 15.8 Å². The zero-order valence-electron chi connectivity index (χ0n) is 6.37. The van der Waals surface area contributed by atoms with Gasteiger partial charge in [-0.1, -0.05) is 0 Å². The van der Waals surface area contributed by atoms with E-state index in [0.717, 1.165) is 6.42 Å². The van der Waals surface area contributed by atoms with Gasteiger partial charge in [-0.05, 0) is 31.4 Å². The van der Waals surface area contributed by atoms with E-state index in [9.17, 15) is 0 Å². The highest BCUT2D eigenvalue weighted by Crippen LogP contribution is 2.12. The minimum Gasteiger partial charge on any atom is -0.365 e. The Kier molecular flexibility index (Phi) is 2.39. The van der Waals surface area contributed by atoms with Crippen molar-refractivity contribution in [2.24, 2.45) is 0 Å². The Labute approximate surface area is 66.4 Å². The minimum absolute atomic E-state index is 0.708. The predicted molar refractivity (Wildman–Crippen MR) is 44.7 cm³/mol. The third-order valence-corrected chi connectivity index (χ3v) is 1.97. The number of H-pyrrole nitrogens is 1. The summed E-state index contributed by atoms with van der Waals surface area (Å²) >= 11 is 5.62. The van der Waals surface area contributed by atoms with Gasteiger partial charge in [0, 0.05) is 17.8 Å². The van der Waals surface area contributed by atoms with Gasteiger partial charge < -0.3 is 4.98 Å². The molecule has 56 valence electrons. The SMILES string of the molecule is Cc1c[nH]c(C)c1CCCl. The molecule has 0 amide bonds. The molecule has 2 heteroatoms. The summed E-state index contributed by atoms with van der Waals surface area (Å²) in [7, 11) is 0. The van der Waals surface area contributed by atoms with Crippen molar-refractivity contribution in [2.75, 3.05) is 5.88 Å². The van der Waals surface area contributed by atoms with Crippen molar-refractivity contribution in [1.82, 2.24) is 4.98 Å². The highest BCUT2D eigenvalue weighted by atomic mass is 35.5. The summed E-state index contributed by atoms with van der Waals surface area (Å²) in [6.07, 6.45) is 3.00. The normalized spacial score (nSPS) is 10.3. The van der Waals surface area contributed by atoms with Gasteiger partial charge in [-0.15, -0.1) is 11.6 Å². The fourth-order valence-electron chi connectivity index (χ4n) is 1.17. The molecule has 0 radical (unpaired) electrons. The van der Waals surface area contributed by atoms with Gasteiger partial charge in [0.2, 0.25) is 0 Å². The molecule has 0 spiro atoms. The molecule has 1 N–H and O–H groups in total. The van der Waals surface area contributed by atoms with Gasteiger partial charge >= 0.3 is 0 Å². The summed E-state index contributed by atoms with van der Waals surface area (Å²) in [6.45, 7) is 4.18. The smallest absolute Gasteiger partial charge is 0.0264 e. The summed E-state index contributed by atoms with van der Waals surface area (Å²) < 4.78 is 0. The lowest BCUT2D eigenvalue weighted by Crippen LogP contribution is -1.88. The second-order valence-electron chi connectivity index (χ2n) is 2.51. The standard InChI is InChI=1S/C8H12ClN/c1-6-5-10-7(2)8(6)3-4-9/h5,10H,3-4H2,1-2H3. The maximum Gasteiger partial charge on any atom is 0.0264 e. The van der Waals surface area contributed by atoms with E-state index < -0.39 is 0 Å². The van der Waals surface area contributed by atoms with Crippen molar-refractivity contribution in [1.29, 1.82) is 0 Å². The number of halogens is 1. The molecular formula is C8H12ClN. The van der Waals surface area contributed by atoms with Crippen LogP contribution >= 0.6 is 11.6 Å². The Morgan fingerprint density at radius 3 is 2.60 bits per heavy atom. The number of nitrogens with one attached hydrogen (secondary N) is 1. The van der Waals surface area contributed by atoms with E-state index in [-0.39, 0.29) is 0 Å². The number of rotatable bonds is 2. The molecular weight excluding hydrogens is 146 g/mol. The Hall–Kier alpha value is -0.430. The zero-order chi connectivity index (χ0) is 7.56. The Morgan fingerprint density at radius 1 is 1.50 bits per heavy atom. The van der Waals surface area contributed by atoms with Crippen molar-refractivity contribution in [3.05, 3.63) is 23.0 Å². The molecule has 0 saturated heterocycles. The van der Waals surface area contributed by atoms with Crippen molar-refractivity contribution in [3.8, 4) is 0 Å². The van der Waals surface area contributed by atoms with Gasteiger partial charge in [0.15, 0.2) is 0 Å². The molecule has 0 unspecified atom stereocenters. The molecule has 0 aliphatic carbocycles. The van der Waals surface area contributed by atoms with E-state index >= 15 is 0 Å². The Morgan fingerprint density at radius 2 is 2.20 bits per heavy atom. The molecule has 0 aromatic carbocycles.